The summed E-state index contributed by atoms with van der Waals surface area (Å²) in [5, 5.41) is 0.921. The van der Waals surface area contributed by atoms with E-state index in [4.69, 9.17) is 4.74 Å². The zero-order valence-corrected chi connectivity index (χ0v) is 12.0. The van der Waals surface area contributed by atoms with E-state index in [9.17, 15) is 4.79 Å². The van der Waals surface area contributed by atoms with Crippen molar-refractivity contribution in [3.63, 3.8) is 0 Å². The van der Waals surface area contributed by atoms with Gasteiger partial charge < -0.3 is 0 Å². The molecule has 96 valence electrons. The molecule has 2 heterocycles. The van der Waals surface area contributed by atoms with Crippen molar-refractivity contribution in [2.45, 2.75) is 25.8 Å². The number of rotatable bonds is 3. The van der Waals surface area contributed by atoms with Crippen LogP contribution < -0.4 is 5.56 Å². The Morgan fingerprint density at radius 3 is 2.83 bits per heavy atom. The second-order valence-corrected chi connectivity index (χ2v) is 7.07. The average Bonchev–Trinajstić information content (AvgIpc) is 2.75. The van der Waals surface area contributed by atoms with Gasteiger partial charge in [0.25, 0.3) is 0 Å². The second kappa shape index (κ2) is 5.43. The zero-order valence-electron chi connectivity index (χ0n) is 10.3. The topological polar surface area (TPSA) is 31.2 Å². The first-order valence-electron chi connectivity index (χ1n) is 6.51. The summed E-state index contributed by atoms with van der Waals surface area (Å²) in [5.74, 6) is 0.742. The Kier molecular flexibility index (Phi) is 3.69. The van der Waals surface area contributed by atoms with Crippen molar-refractivity contribution in [3.8, 4) is 0 Å². The molecule has 3 rings (SSSR count). The molecule has 18 heavy (non-hydrogen) atoms. The molecule has 0 spiro atoms. The van der Waals surface area contributed by atoms with Gasteiger partial charge in [0, 0.05) is 0 Å². The van der Waals surface area contributed by atoms with Gasteiger partial charge in [0.15, 0.2) is 0 Å². The van der Waals surface area contributed by atoms with Crippen molar-refractivity contribution in [2.75, 3.05) is 13.2 Å². The van der Waals surface area contributed by atoms with Crippen LogP contribution in [0.1, 0.15) is 19.3 Å². The van der Waals surface area contributed by atoms with Crippen LogP contribution in [0, 0.1) is 5.92 Å². The minimum absolute atomic E-state index is 0.193. The molecule has 1 saturated heterocycles. The van der Waals surface area contributed by atoms with Crippen molar-refractivity contribution in [2.24, 2.45) is 5.92 Å². The van der Waals surface area contributed by atoms with Crippen LogP contribution in [0.2, 0.25) is 0 Å². The monoisotopic (exact) mass is 311 g/mol. The SMILES string of the molecule is O=c1c2ccccc2[se]n1CCC1CCOCC1. The number of fused-ring (bicyclic) bond motifs is 1. The van der Waals surface area contributed by atoms with Crippen LogP contribution in [0.3, 0.4) is 0 Å². The first kappa shape index (κ1) is 12.2. The molecule has 1 aromatic heterocycles. The molecule has 1 fully saturated rings. The molecule has 1 aliphatic heterocycles. The van der Waals surface area contributed by atoms with Crippen LogP contribution in [0.25, 0.3) is 9.65 Å². The van der Waals surface area contributed by atoms with Gasteiger partial charge in [-0.25, -0.2) is 0 Å². The third-order valence-electron chi connectivity index (χ3n) is 3.63. The molecule has 3 nitrogen and oxygen atoms in total. The number of aromatic nitrogens is 1. The predicted molar refractivity (Wildman–Crippen MR) is 73.3 cm³/mol. The summed E-state index contributed by atoms with van der Waals surface area (Å²) in [6.07, 6.45) is 3.44. The van der Waals surface area contributed by atoms with E-state index in [0.717, 1.165) is 50.3 Å². The van der Waals surface area contributed by atoms with Crippen molar-refractivity contribution < 1.29 is 4.74 Å². The number of benzene rings is 1. The van der Waals surface area contributed by atoms with Crippen LogP contribution >= 0.6 is 0 Å². The number of ether oxygens (including phenoxy) is 1. The first-order chi connectivity index (χ1) is 8.84. The Hall–Kier alpha value is -0.831. The van der Waals surface area contributed by atoms with E-state index in [2.05, 4.69) is 6.07 Å². The van der Waals surface area contributed by atoms with Crippen LogP contribution in [0.5, 0.6) is 0 Å². The number of nitrogens with zero attached hydrogens (tertiary/aromatic N) is 1. The van der Waals surface area contributed by atoms with E-state index >= 15 is 0 Å². The maximum atomic E-state index is 12.2. The maximum absolute atomic E-state index is 12.2. The van der Waals surface area contributed by atoms with Crippen molar-refractivity contribution in [1.82, 2.24) is 3.56 Å². The fourth-order valence-corrected chi connectivity index (χ4v) is 4.62. The fourth-order valence-electron chi connectivity index (χ4n) is 2.50. The van der Waals surface area contributed by atoms with Gasteiger partial charge in [-0.15, -0.1) is 0 Å². The van der Waals surface area contributed by atoms with E-state index in [0.29, 0.717) is 0 Å². The molecule has 0 aliphatic carbocycles. The van der Waals surface area contributed by atoms with Gasteiger partial charge in [-0.05, 0) is 0 Å². The molecule has 0 saturated carbocycles. The predicted octanol–water partition coefficient (Wildman–Crippen LogP) is 1.88. The summed E-state index contributed by atoms with van der Waals surface area (Å²) in [5.41, 5.74) is 0.234. The summed E-state index contributed by atoms with van der Waals surface area (Å²) < 4.78 is 8.65. The number of hydrogen-bond acceptors (Lipinski definition) is 2. The van der Waals surface area contributed by atoms with Crippen LogP contribution in [-0.4, -0.2) is 31.5 Å². The van der Waals surface area contributed by atoms with E-state index in [1.54, 1.807) is 0 Å². The molecule has 1 aliphatic rings. The summed E-state index contributed by atoms with van der Waals surface area (Å²) >= 11 is 0.193. The number of aryl methyl sites for hydroxylation is 1. The van der Waals surface area contributed by atoms with Crippen LogP contribution in [-0.2, 0) is 11.3 Å². The minimum atomic E-state index is 0.193. The molecule has 0 amide bonds. The standard InChI is InChI=1S/C14H17NO2Se/c16-14-12-3-1-2-4-13(12)18-15(14)8-5-11-6-9-17-10-7-11/h1-4,11H,5-10H2. The Morgan fingerprint density at radius 1 is 1.28 bits per heavy atom. The van der Waals surface area contributed by atoms with Gasteiger partial charge in [-0.3, -0.25) is 0 Å². The van der Waals surface area contributed by atoms with Gasteiger partial charge in [-0.1, -0.05) is 0 Å². The molecular weight excluding hydrogens is 293 g/mol. The van der Waals surface area contributed by atoms with E-state index in [-0.39, 0.29) is 20.3 Å². The normalized spacial score (nSPS) is 17.3. The summed E-state index contributed by atoms with van der Waals surface area (Å²) in [7, 11) is 0. The Morgan fingerprint density at radius 2 is 2.06 bits per heavy atom. The van der Waals surface area contributed by atoms with E-state index in [1.165, 1.54) is 4.26 Å². The molecule has 1 aromatic carbocycles. The Labute approximate surface area is 112 Å². The average molecular weight is 310 g/mol. The number of hydrogen-bond donors (Lipinski definition) is 0. The summed E-state index contributed by atoms with van der Waals surface area (Å²) in [6.45, 7) is 2.70. The molecule has 0 atom stereocenters. The molecule has 0 N–H and O–H groups in total. The van der Waals surface area contributed by atoms with Crippen molar-refractivity contribution in [1.29, 1.82) is 0 Å². The summed E-state index contributed by atoms with van der Waals surface area (Å²) in [6, 6.07) is 8.01. The van der Waals surface area contributed by atoms with Crippen molar-refractivity contribution in [3.05, 3.63) is 34.6 Å². The molecule has 0 bridgehead atoms. The van der Waals surface area contributed by atoms with E-state index in [1.807, 2.05) is 21.8 Å². The first-order valence-corrected chi connectivity index (χ1v) is 8.13. The molecular formula is C14H17NO2Se. The molecule has 4 heteroatoms. The zero-order chi connectivity index (χ0) is 12.4. The third kappa shape index (κ3) is 2.46. The third-order valence-corrected chi connectivity index (χ3v) is 5.99. The molecule has 2 aromatic rings. The Balaban J connectivity index is 1.74. The van der Waals surface area contributed by atoms with Gasteiger partial charge in [0.2, 0.25) is 0 Å². The Bertz CT molecular complexity index is 581. The van der Waals surface area contributed by atoms with Gasteiger partial charge in [-0.2, -0.15) is 0 Å². The van der Waals surface area contributed by atoms with Gasteiger partial charge >= 0.3 is 112 Å². The van der Waals surface area contributed by atoms with Gasteiger partial charge in [0.1, 0.15) is 0 Å². The van der Waals surface area contributed by atoms with Crippen LogP contribution in [0.4, 0.5) is 0 Å². The molecule has 0 unspecified atom stereocenters. The second-order valence-electron chi connectivity index (χ2n) is 4.84. The van der Waals surface area contributed by atoms with Crippen LogP contribution in [0.15, 0.2) is 29.1 Å². The van der Waals surface area contributed by atoms with Crippen molar-refractivity contribution >= 4 is 24.4 Å². The quantitative estimate of drug-likeness (QED) is 0.811. The van der Waals surface area contributed by atoms with Gasteiger partial charge in [0.05, 0.1) is 0 Å². The summed E-state index contributed by atoms with van der Waals surface area (Å²) in [4.78, 5) is 12.2. The fraction of sp³-hybridized carbons (Fsp3) is 0.500. The van der Waals surface area contributed by atoms with E-state index < -0.39 is 0 Å². The molecule has 0 radical (unpaired) electrons.